The number of rotatable bonds is 8. The molecule has 1 rings (SSSR count). The highest BCUT2D eigenvalue weighted by Crippen LogP contribution is 2.02. The lowest BCUT2D eigenvalue weighted by atomic mass is 10.1. The Balaban J connectivity index is 0.00000441. The predicted molar refractivity (Wildman–Crippen MR) is 90.6 cm³/mol. The fourth-order valence-corrected chi connectivity index (χ4v) is 1.76. The maximum Gasteiger partial charge on any atom is 0.251 e. The standard InChI is InChI=1S/C14H19ClN4O2.ClH/c15-9-12(16)18-8-4-7-11(13(17)20)19-14(21)10-5-2-1-3-6-10;/h1-3,5-6,11H,4,7-9H2,(H2,16,18)(H2,17,20)(H,19,21);1H. The number of halogens is 2. The van der Waals surface area contributed by atoms with Crippen molar-refractivity contribution >= 4 is 41.7 Å². The average molecular weight is 347 g/mol. The zero-order valence-electron chi connectivity index (χ0n) is 12.0. The van der Waals surface area contributed by atoms with Gasteiger partial charge in [-0.25, -0.2) is 0 Å². The summed E-state index contributed by atoms with van der Waals surface area (Å²) in [6.07, 6.45) is 0.966. The molecule has 1 aromatic rings. The van der Waals surface area contributed by atoms with Gasteiger partial charge in [0, 0.05) is 12.1 Å². The molecule has 0 heterocycles. The Kier molecular flexibility index (Phi) is 9.98. The van der Waals surface area contributed by atoms with Gasteiger partial charge in [-0.15, -0.1) is 24.0 Å². The Morgan fingerprint density at radius 2 is 1.86 bits per heavy atom. The van der Waals surface area contributed by atoms with Crippen molar-refractivity contribution in [1.29, 1.82) is 0 Å². The molecule has 0 fully saturated rings. The van der Waals surface area contributed by atoms with Crippen LogP contribution in [0.25, 0.3) is 0 Å². The fraction of sp³-hybridized carbons (Fsp3) is 0.357. The van der Waals surface area contributed by atoms with E-state index in [0.29, 0.717) is 30.8 Å². The molecule has 0 saturated carbocycles. The van der Waals surface area contributed by atoms with Gasteiger partial charge in [0.25, 0.3) is 5.91 Å². The molecule has 0 spiro atoms. The molecule has 6 nitrogen and oxygen atoms in total. The zero-order valence-corrected chi connectivity index (χ0v) is 13.6. The van der Waals surface area contributed by atoms with Gasteiger partial charge in [-0.1, -0.05) is 18.2 Å². The number of amides is 2. The highest BCUT2D eigenvalue weighted by molar-refractivity contribution is 6.27. The number of hydrogen-bond donors (Lipinski definition) is 3. The monoisotopic (exact) mass is 346 g/mol. The van der Waals surface area contributed by atoms with Crippen LogP contribution in [0.1, 0.15) is 23.2 Å². The first-order valence-corrected chi connectivity index (χ1v) is 7.08. The minimum absolute atomic E-state index is 0. The largest absolute Gasteiger partial charge is 0.386 e. The number of aliphatic imine (C=N–C) groups is 1. The van der Waals surface area contributed by atoms with Crippen LogP contribution in [-0.2, 0) is 4.79 Å². The van der Waals surface area contributed by atoms with E-state index in [1.54, 1.807) is 24.3 Å². The topological polar surface area (TPSA) is 111 Å². The summed E-state index contributed by atoms with van der Waals surface area (Å²) in [6, 6.07) is 7.90. The summed E-state index contributed by atoms with van der Waals surface area (Å²) in [7, 11) is 0. The number of nitrogens with zero attached hydrogens (tertiary/aromatic N) is 1. The molecule has 0 aliphatic carbocycles. The number of hydrogen-bond acceptors (Lipinski definition) is 3. The van der Waals surface area contributed by atoms with Gasteiger partial charge in [-0.3, -0.25) is 14.6 Å². The van der Waals surface area contributed by atoms with E-state index < -0.39 is 11.9 Å². The molecule has 22 heavy (non-hydrogen) atoms. The number of benzene rings is 1. The number of carbonyl (C=O) groups is 2. The Hall–Kier alpha value is -1.79. The fourth-order valence-electron chi connectivity index (χ4n) is 1.68. The molecule has 0 bridgehead atoms. The van der Waals surface area contributed by atoms with E-state index in [2.05, 4.69) is 10.3 Å². The van der Waals surface area contributed by atoms with E-state index in [4.69, 9.17) is 23.1 Å². The van der Waals surface area contributed by atoms with Crippen LogP contribution in [0.5, 0.6) is 0 Å². The van der Waals surface area contributed by atoms with Crippen LogP contribution in [0.3, 0.4) is 0 Å². The molecule has 0 radical (unpaired) electrons. The average Bonchev–Trinajstić information content (AvgIpc) is 2.50. The van der Waals surface area contributed by atoms with Crippen molar-refractivity contribution < 1.29 is 9.59 Å². The van der Waals surface area contributed by atoms with Gasteiger partial charge in [-0.05, 0) is 25.0 Å². The molecule has 1 atom stereocenters. The van der Waals surface area contributed by atoms with Gasteiger partial charge < -0.3 is 16.8 Å². The predicted octanol–water partition coefficient (Wildman–Crippen LogP) is 1.07. The summed E-state index contributed by atoms with van der Waals surface area (Å²) in [6.45, 7) is 0.434. The van der Waals surface area contributed by atoms with Crippen LogP contribution >= 0.6 is 24.0 Å². The van der Waals surface area contributed by atoms with Crippen LogP contribution in [-0.4, -0.2) is 36.1 Å². The number of nitrogens with one attached hydrogen (secondary N) is 1. The number of nitrogens with two attached hydrogens (primary N) is 2. The van der Waals surface area contributed by atoms with Gasteiger partial charge in [-0.2, -0.15) is 0 Å². The molecule has 2 amide bonds. The maximum absolute atomic E-state index is 12.0. The maximum atomic E-state index is 12.0. The lowest BCUT2D eigenvalue weighted by molar-refractivity contribution is -0.120. The quantitative estimate of drug-likeness (QED) is 0.283. The van der Waals surface area contributed by atoms with E-state index in [1.807, 2.05) is 6.07 Å². The Morgan fingerprint density at radius 1 is 1.23 bits per heavy atom. The third-order valence-corrected chi connectivity index (χ3v) is 3.06. The third kappa shape index (κ3) is 7.28. The summed E-state index contributed by atoms with van der Waals surface area (Å²) in [5.41, 5.74) is 11.2. The second-order valence-corrected chi connectivity index (χ2v) is 4.71. The van der Waals surface area contributed by atoms with Crippen molar-refractivity contribution in [1.82, 2.24) is 5.32 Å². The normalized spacial score (nSPS) is 12.1. The highest BCUT2D eigenvalue weighted by atomic mass is 35.5. The zero-order chi connectivity index (χ0) is 15.7. The Bertz CT molecular complexity index is 509. The SMILES string of the molecule is Cl.NC(=O)C(CCCN=C(N)CCl)NC(=O)c1ccccc1. The van der Waals surface area contributed by atoms with Crippen LogP contribution in [0.4, 0.5) is 0 Å². The van der Waals surface area contributed by atoms with Crippen molar-refractivity contribution in [2.24, 2.45) is 16.5 Å². The molecule has 1 aromatic carbocycles. The number of primary amides is 1. The summed E-state index contributed by atoms with van der Waals surface area (Å²) in [5, 5.41) is 2.62. The summed E-state index contributed by atoms with van der Waals surface area (Å²) >= 11 is 5.49. The van der Waals surface area contributed by atoms with E-state index in [-0.39, 0.29) is 24.2 Å². The Morgan fingerprint density at radius 3 is 2.41 bits per heavy atom. The lowest BCUT2D eigenvalue weighted by Gasteiger charge is -2.15. The van der Waals surface area contributed by atoms with Crippen LogP contribution in [0, 0.1) is 0 Å². The van der Waals surface area contributed by atoms with Crippen LogP contribution < -0.4 is 16.8 Å². The minimum Gasteiger partial charge on any atom is -0.386 e. The van der Waals surface area contributed by atoms with E-state index in [1.165, 1.54) is 0 Å². The van der Waals surface area contributed by atoms with E-state index >= 15 is 0 Å². The number of alkyl halides is 1. The van der Waals surface area contributed by atoms with Crippen molar-refractivity contribution in [2.75, 3.05) is 12.4 Å². The first kappa shape index (κ1) is 20.2. The summed E-state index contributed by atoms with van der Waals surface area (Å²) in [5.74, 6) is -0.387. The summed E-state index contributed by atoms with van der Waals surface area (Å²) in [4.78, 5) is 27.3. The molecule has 0 saturated heterocycles. The van der Waals surface area contributed by atoms with Gasteiger partial charge in [0.2, 0.25) is 5.91 Å². The molecule has 5 N–H and O–H groups in total. The van der Waals surface area contributed by atoms with Crippen molar-refractivity contribution in [3.8, 4) is 0 Å². The van der Waals surface area contributed by atoms with Gasteiger partial charge >= 0.3 is 0 Å². The van der Waals surface area contributed by atoms with Crippen LogP contribution in [0.2, 0.25) is 0 Å². The van der Waals surface area contributed by atoms with Gasteiger partial charge in [0.15, 0.2) is 0 Å². The van der Waals surface area contributed by atoms with Crippen molar-refractivity contribution in [3.63, 3.8) is 0 Å². The van der Waals surface area contributed by atoms with E-state index in [9.17, 15) is 9.59 Å². The van der Waals surface area contributed by atoms with Gasteiger partial charge in [0.05, 0.1) is 5.88 Å². The smallest absolute Gasteiger partial charge is 0.251 e. The first-order valence-electron chi connectivity index (χ1n) is 6.54. The number of carbonyl (C=O) groups excluding carboxylic acids is 2. The number of amidine groups is 1. The Labute approximate surface area is 140 Å². The molecule has 0 aliphatic rings. The molecule has 0 aromatic heterocycles. The molecule has 1 unspecified atom stereocenters. The van der Waals surface area contributed by atoms with E-state index in [0.717, 1.165) is 0 Å². The van der Waals surface area contributed by atoms with Gasteiger partial charge in [0.1, 0.15) is 11.9 Å². The molecule has 122 valence electrons. The highest BCUT2D eigenvalue weighted by Gasteiger charge is 2.18. The van der Waals surface area contributed by atoms with Crippen molar-refractivity contribution in [2.45, 2.75) is 18.9 Å². The van der Waals surface area contributed by atoms with Crippen LogP contribution in [0.15, 0.2) is 35.3 Å². The second-order valence-electron chi connectivity index (χ2n) is 4.44. The molecule has 8 heteroatoms. The second kappa shape index (κ2) is 10.9. The third-order valence-electron chi connectivity index (χ3n) is 2.79. The first-order chi connectivity index (χ1) is 10.0. The molecular formula is C14H20Cl2N4O2. The molecule has 0 aliphatic heterocycles. The minimum atomic E-state index is -0.731. The lowest BCUT2D eigenvalue weighted by Crippen LogP contribution is -2.44. The van der Waals surface area contributed by atoms with Crippen molar-refractivity contribution in [3.05, 3.63) is 35.9 Å². The summed E-state index contributed by atoms with van der Waals surface area (Å²) < 4.78 is 0. The molecular weight excluding hydrogens is 327 g/mol.